The molecule has 0 spiro atoms. The first kappa shape index (κ1) is 37.0. The number of aromatic nitrogens is 2. The van der Waals surface area contributed by atoms with Crippen LogP contribution < -0.4 is 5.32 Å². The molecule has 2 N–H and O–H groups in total. The van der Waals surface area contributed by atoms with E-state index in [-0.39, 0.29) is 76.2 Å². The fourth-order valence-electron chi connectivity index (χ4n) is 9.28. The van der Waals surface area contributed by atoms with Crippen molar-refractivity contribution in [3.8, 4) is 23.3 Å². The summed E-state index contributed by atoms with van der Waals surface area (Å²) < 4.78 is 40.0. The number of aliphatic hydroxyl groups excluding tert-OH is 1. The molecular weight excluding hydrogens is 757 g/mol. The van der Waals surface area contributed by atoms with Crippen LogP contribution in [0.2, 0.25) is 10.0 Å². The van der Waals surface area contributed by atoms with Crippen molar-refractivity contribution in [2.75, 3.05) is 13.1 Å². The summed E-state index contributed by atoms with van der Waals surface area (Å²) >= 11 is 13.1. The number of nitrogens with zero attached hydrogens (tertiary/aromatic N) is 5. The van der Waals surface area contributed by atoms with Gasteiger partial charge in [-0.3, -0.25) is 4.79 Å². The smallest absolute Gasteiger partial charge is 0.226 e. The molecule has 3 aromatic carbocycles. The predicted molar refractivity (Wildman–Crippen MR) is 208 cm³/mol. The maximum Gasteiger partial charge on any atom is 0.226 e. The Labute approximate surface area is 332 Å². The van der Waals surface area contributed by atoms with Crippen LogP contribution in [0.3, 0.4) is 0 Å². The maximum absolute atomic E-state index is 17.4. The molecule has 0 radical (unpaired) electrons. The Bertz CT molecular complexity index is 2510. The topological polar surface area (TPSA) is 127 Å². The van der Waals surface area contributed by atoms with E-state index in [9.17, 15) is 24.8 Å². The highest BCUT2D eigenvalue weighted by molar-refractivity contribution is 6.43. The van der Waals surface area contributed by atoms with Crippen molar-refractivity contribution in [3.05, 3.63) is 98.3 Å². The number of pyridine rings is 1. The van der Waals surface area contributed by atoms with Crippen molar-refractivity contribution in [1.29, 1.82) is 10.5 Å². The molecule has 1 amide bonds. The molecule has 2 aliphatic carbocycles. The number of ether oxygens (including phenoxy) is 1. The van der Waals surface area contributed by atoms with E-state index < -0.39 is 23.8 Å². The summed E-state index contributed by atoms with van der Waals surface area (Å²) in [5, 5.41) is 35.9. The third-order valence-electron chi connectivity index (χ3n) is 12.1. The van der Waals surface area contributed by atoms with E-state index in [0.29, 0.717) is 52.0 Å². The number of aryl methyl sites for hydroxylation is 1. The third kappa shape index (κ3) is 6.12. The highest BCUT2D eigenvalue weighted by Gasteiger charge is 2.51. The molecule has 3 aliphatic heterocycles. The number of fused-ring (bicyclic) bond motifs is 4. The quantitative estimate of drug-likeness (QED) is 0.145. The maximum atomic E-state index is 17.4. The van der Waals surface area contributed by atoms with E-state index in [1.807, 2.05) is 23.1 Å². The Balaban J connectivity index is 1.24. The van der Waals surface area contributed by atoms with E-state index in [1.54, 1.807) is 31.2 Å². The number of amides is 1. The van der Waals surface area contributed by atoms with Gasteiger partial charge in [0.1, 0.15) is 11.3 Å². The first-order chi connectivity index (χ1) is 27.1. The fraction of sp³-hybridized carbons (Fsp3) is 0.395. The van der Waals surface area contributed by atoms with E-state index >= 15 is 4.39 Å². The molecule has 1 unspecified atom stereocenters. The largest absolute Gasteiger partial charge is 0.387 e. The van der Waals surface area contributed by atoms with Crippen molar-refractivity contribution >= 4 is 50.9 Å². The van der Waals surface area contributed by atoms with Gasteiger partial charge in [-0.2, -0.15) is 10.5 Å². The Kier molecular flexibility index (Phi) is 9.51. The zero-order valence-electron chi connectivity index (χ0n) is 30.5. The molecule has 6 atom stereocenters. The minimum Gasteiger partial charge on any atom is -0.387 e. The van der Waals surface area contributed by atoms with Gasteiger partial charge >= 0.3 is 0 Å². The van der Waals surface area contributed by atoms with Crippen LogP contribution in [0.5, 0.6) is 0 Å². The summed E-state index contributed by atoms with van der Waals surface area (Å²) in [5.41, 5.74) is 3.90. The fourth-order valence-corrected chi connectivity index (χ4v) is 9.68. The van der Waals surface area contributed by atoms with Gasteiger partial charge in [0.05, 0.1) is 69.9 Å². The molecule has 5 fully saturated rings. The van der Waals surface area contributed by atoms with Crippen LogP contribution in [0.4, 0.5) is 8.78 Å². The van der Waals surface area contributed by atoms with Crippen LogP contribution in [-0.4, -0.2) is 50.7 Å². The molecule has 2 aromatic heterocycles. The van der Waals surface area contributed by atoms with Gasteiger partial charge in [0.25, 0.3) is 0 Å². The van der Waals surface area contributed by atoms with Crippen molar-refractivity contribution in [2.45, 2.75) is 82.4 Å². The Morgan fingerprint density at radius 2 is 1.93 bits per heavy atom. The number of rotatable bonds is 10. The summed E-state index contributed by atoms with van der Waals surface area (Å²) in [4.78, 5) is 20.8. The van der Waals surface area contributed by atoms with E-state index in [1.165, 1.54) is 12.1 Å². The highest BCUT2D eigenvalue weighted by atomic mass is 35.5. The van der Waals surface area contributed by atoms with Crippen LogP contribution in [0, 0.1) is 46.1 Å². The second-order valence-corrected chi connectivity index (χ2v) is 16.4. The number of aliphatic hydroxyl groups is 1. The summed E-state index contributed by atoms with van der Waals surface area (Å²) in [6, 6.07) is 17.0. The second kappa shape index (κ2) is 14.4. The number of carbonyl (C=O) groups is 1. The average molecular weight is 796 g/mol. The van der Waals surface area contributed by atoms with Gasteiger partial charge in [-0.15, -0.1) is 0 Å². The molecular formula is C43H38Cl2F2N6O3. The van der Waals surface area contributed by atoms with Gasteiger partial charge in [0, 0.05) is 65.5 Å². The van der Waals surface area contributed by atoms with Gasteiger partial charge < -0.3 is 24.6 Å². The normalized spacial score (nSPS) is 23.4. The number of hydrogen-bond acceptors (Lipinski definition) is 7. The molecule has 5 aromatic rings. The number of benzene rings is 3. The lowest BCUT2D eigenvalue weighted by Crippen LogP contribution is -2.41. The van der Waals surface area contributed by atoms with Gasteiger partial charge in [-0.25, -0.2) is 13.8 Å². The lowest BCUT2D eigenvalue weighted by molar-refractivity contribution is -0.134. The molecule has 5 heterocycles. The summed E-state index contributed by atoms with van der Waals surface area (Å²) in [6.07, 6.45) is 2.02. The minimum absolute atomic E-state index is 0.00198. The molecule has 10 rings (SSSR count). The van der Waals surface area contributed by atoms with Crippen LogP contribution in [0.15, 0.2) is 48.5 Å². The van der Waals surface area contributed by atoms with E-state index in [0.717, 1.165) is 37.0 Å². The van der Waals surface area contributed by atoms with Crippen LogP contribution in [0.25, 0.3) is 32.9 Å². The average Bonchev–Trinajstić information content (AvgIpc) is 3.47. The Hall–Kier alpha value is -4.62. The molecule has 286 valence electrons. The number of nitrogens with one attached hydrogen (secondary N) is 1. The van der Waals surface area contributed by atoms with E-state index in [4.69, 9.17) is 32.9 Å². The molecule has 3 saturated heterocycles. The van der Waals surface area contributed by atoms with Gasteiger partial charge in [0.2, 0.25) is 5.91 Å². The number of carbonyl (C=O) groups excluding carboxylic acids is 1. The monoisotopic (exact) mass is 794 g/mol. The van der Waals surface area contributed by atoms with Crippen molar-refractivity contribution in [3.63, 3.8) is 0 Å². The first-order valence-corrected chi connectivity index (χ1v) is 19.9. The second-order valence-electron chi connectivity index (χ2n) is 15.6. The molecule has 5 aliphatic rings. The molecule has 56 heavy (non-hydrogen) atoms. The van der Waals surface area contributed by atoms with E-state index in [2.05, 4.69) is 16.0 Å². The van der Waals surface area contributed by atoms with Crippen molar-refractivity contribution < 1.29 is 23.4 Å². The van der Waals surface area contributed by atoms with Gasteiger partial charge in [0.15, 0.2) is 5.82 Å². The molecule has 9 nitrogen and oxygen atoms in total. The lowest BCUT2D eigenvalue weighted by Gasteiger charge is -2.39. The zero-order chi connectivity index (χ0) is 39.0. The predicted octanol–water partition coefficient (Wildman–Crippen LogP) is 8.62. The molecule has 2 bridgehead atoms. The van der Waals surface area contributed by atoms with Crippen molar-refractivity contribution in [1.82, 2.24) is 19.8 Å². The first-order valence-electron chi connectivity index (χ1n) is 19.1. The van der Waals surface area contributed by atoms with Crippen molar-refractivity contribution in [2.24, 2.45) is 11.8 Å². The summed E-state index contributed by atoms with van der Waals surface area (Å²) in [5.74, 6) is -0.839. The van der Waals surface area contributed by atoms with Crippen LogP contribution >= 0.6 is 23.2 Å². The number of hydrogen-bond donors (Lipinski definition) is 2. The molecule has 2 saturated carbocycles. The number of likely N-dealkylation sites (tertiary alicyclic amines) is 1. The van der Waals surface area contributed by atoms with Crippen LogP contribution in [-0.2, 0) is 22.6 Å². The Morgan fingerprint density at radius 3 is 2.62 bits per heavy atom. The summed E-state index contributed by atoms with van der Waals surface area (Å²) in [6.45, 7) is 2.84. The standard InChI is InChI=1S/C43H38Cl2F2N6O3/c1-21(54)39-31-16-35(34-15-28(19-52(34)43(55)22-7-8-22)56-20-24-9-10-27(46)12-25(24)17-49)53(41-26-14-33(41)50-18-26)42(31)30-13-23(4-3-11-48)36(38(47)40(30)51-39)29-5-2-6-32(44)37(29)45/h2,5-6,9-10,12-13,16,21-22,26,28,33-34,41,50,54H,3-4,7-8,14-15,18-20H2,1H3/t21?,26-,28+,33-,34-,41+/m1/s1. The zero-order valence-corrected chi connectivity index (χ0v) is 32.0. The summed E-state index contributed by atoms with van der Waals surface area (Å²) in [7, 11) is 0. The Morgan fingerprint density at radius 1 is 1.11 bits per heavy atom. The number of halogens is 4. The molecule has 13 heteroatoms. The SMILES string of the molecule is CC(O)c1nc2c(F)c(-c3cccc(Cl)c3Cl)c(CCC#N)cc2c2c1cc([C@H]1C[C@H](OCc3ccc(F)cc3C#N)CN1C(=O)C1CC1)n2[C@H]1[C@H]2CN[C@@H]1C2. The third-order valence-corrected chi connectivity index (χ3v) is 13.0. The van der Waals surface area contributed by atoms with Gasteiger partial charge in [-0.05, 0) is 80.0 Å². The van der Waals surface area contributed by atoms with Gasteiger partial charge in [-0.1, -0.05) is 41.4 Å². The highest BCUT2D eigenvalue weighted by Crippen LogP contribution is 2.52. The number of nitriles is 2. The lowest BCUT2D eigenvalue weighted by atomic mass is 9.79. The van der Waals surface area contributed by atoms with Crippen LogP contribution in [0.1, 0.15) is 85.3 Å². The minimum atomic E-state index is -1.06.